The maximum Gasteiger partial charge on any atom is 0.0816 e. The van der Waals surface area contributed by atoms with E-state index in [1.165, 1.54) is 11.3 Å². The van der Waals surface area contributed by atoms with Crippen molar-refractivity contribution < 1.29 is 5.11 Å². The van der Waals surface area contributed by atoms with Crippen molar-refractivity contribution in [3.8, 4) is 0 Å². The molecule has 2 atom stereocenters. The van der Waals surface area contributed by atoms with Crippen molar-refractivity contribution in [2.24, 2.45) is 5.92 Å². The van der Waals surface area contributed by atoms with Crippen LogP contribution in [0.4, 0.5) is 5.69 Å². The molecule has 1 heterocycles. The first kappa shape index (κ1) is 16.3. The van der Waals surface area contributed by atoms with Gasteiger partial charge in [-0.1, -0.05) is 39.0 Å². The lowest BCUT2D eigenvalue weighted by molar-refractivity contribution is 0.0201. The highest BCUT2D eigenvalue weighted by molar-refractivity contribution is 5.57. The summed E-state index contributed by atoms with van der Waals surface area (Å²) in [6.45, 7) is 11.1. The summed E-state index contributed by atoms with van der Waals surface area (Å²) in [6, 6.07) is 9.06. The summed E-state index contributed by atoms with van der Waals surface area (Å²) in [6.07, 6.45) is 2.26. The monoisotopic (exact) mass is 290 g/mol. The Morgan fingerprint density at radius 2 is 2.10 bits per heavy atom. The van der Waals surface area contributed by atoms with Gasteiger partial charge in [-0.15, -0.1) is 0 Å². The molecule has 0 spiro atoms. The van der Waals surface area contributed by atoms with E-state index in [1.54, 1.807) is 0 Å². The highest BCUT2D eigenvalue weighted by Gasteiger charge is 2.31. The van der Waals surface area contributed by atoms with Crippen molar-refractivity contribution in [2.45, 2.75) is 52.2 Å². The number of para-hydroxylation sites is 1. The van der Waals surface area contributed by atoms with Gasteiger partial charge in [0.25, 0.3) is 0 Å². The number of rotatable bonds is 6. The lowest BCUT2D eigenvalue weighted by Gasteiger charge is -2.41. The van der Waals surface area contributed by atoms with E-state index in [0.29, 0.717) is 12.6 Å². The third-order valence-electron chi connectivity index (χ3n) is 4.74. The average Bonchev–Trinajstić information content (AvgIpc) is 2.46. The summed E-state index contributed by atoms with van der Waals surface area (Å²) >= 11 is 0. The van der Waals surface area contributed by atoms with E-state index < -0.39 is 5.60 Å². The Balaban J connectivity index is 2.19. The number of fused-ring (bicyclic) bond motifs is 1. The highest BCUT2D eigenvalue weighted by Crippen LogP contribution is 2.35. The van der Waals surface area contributed by atoms with Gasteiger partial charge >= 0.3 is 0 Å². The van der Waals surface area contributed by atoms with Crippen molar-refractivity contribution in [3.63, 3.8) is 0 Å². The van der Waals surface area contributed by atoms with Crippen molar-refractivity contribution >= 4 is 5.69 Å². The van der Waals surface area contributed by atoms with Gasteiger partial charge in [0.05, 0.1) is 5.60 Å². The van der Waals surface area contributed by atoms with Crippen molar-refractivity contribution in [1.29, 1.82) is 0 Å². The molecule has 0 aromatic heterocycles. The van der Waals surface area contributed by atoms with Crippen molar-refractivity contribution in [2.75, 3.05) is 24.5 Å². The molecule has 0 radical (unpaired) electrons. The predicted octanol–water partition coefficient (Wildman–Crippen LogP) is 3.34. The molecule has 1 aromatic carbocycles. The van der Waals surface area contributed by atoms with Crippen LogP contribution in [0.1, 0.15) is 52.1 Å². The van der Waals surface area contributed by atoms with Crippen LogP contribution in [0.25, 0.3) is 0 Å². The van der Waals surface area contributed by atoms with Crippen LogP contribution in [0.5, 0.6) is 0 Å². The fourth-order valence-corrected chi connectivity index (χ4v) is 2.89. The number of hydrogen-bond donors (Lipinski definition) is 2. The zero-order valence-corrected chi connectivity index (χ0v) is 13.9. The number of benzene rings is 1. The summed E-state index contributed by atoms with van der Waals surface area (Å²) in [5, 5.41) is 14.3. The normalized spacial score (nSPS) is 21.2. The Morgan fingerprint density at radius 1 is 1.38 bits per heavy atom. The standard InChI is InChI=1S/C18H30N2O/c1-5-11-19-16-10-12-20(13-18(4,21)14(2)3)17-9-7-6-8-15(16)17/h6-9,14,16,19,21H,5,10-13H2,1-4H3. The zero-order valence-electron chi connectivity index (χ0n) is 13.9. The summed E-state index contributed by atoms with van der Waals surface area (Å²) in [5.41, 5.74) is 1.99. The van der Waals surface area contributed by atoms with Gasteiger partial charge in [0, 0.05) is 24.8 Å². The molecular weight excluding hydrogens is 260 g/mol. The molecule has 0 saturated carbocycles. The Morgan fingerprint density at radius 3 is 2.76 bits per heavy atom. The second-order valence-electron chi connectivity index (χ2n) is 6.79. The SMILES string of the molecule is CCCNC1CCN(CC(C)(O)C(C)C)c2ccccc21. The van der Waals surface area contributed by atoms with Crippen LogP contribution in [0, 0.1) is 5.92 Å². The number of β-amino-alcohol motifs (C(OH)–C–C–N with tert-alkyl or cyclic N) is 1. The topological polar surface area (TPSA) is 35.5 Å². The first-order valence-electron chi connectivity index (χ1n) is 8.25. The van der Waals surface area contributed by atoms with Gasteiger partial charge in [-0.05, 0) is 43.9 Å². The van der Waals surface area contributed by atoms with E-state index in [-0.39, 0.29) is 5.92 Å². The molecule has 1 aliphatic rings. The minimum atomic E-state index is -0.656. The number of aliphatic hydroxyl groups is 1. The molecule has 2 rings (SSSR count). The first-order chi connectivity index (χ1) is 9.95. The van der Waals surface area contributed by atoms with E-state index in [9.17, 15) is 5.11 Å². The molecule has 1 aromatic rings. The summed E-state index contributed by atoms with van der Waals surface area (Å²) in [4.78, 5) is 2.35. The van der Waals surface area contributed by atoms with Crippen LogP contribution in [-0.4, -0.2) is 30.3 Å². The van der Waals surface area contributed by atoms with Crippen molar-refractivity contribution in [3.05, 3.63) is 29.8 Å². The van der Waals surface area contributed by atoms with Gasteiger partial charge in [-0.2, -0.15) is 0 Å². The van der Waals surface area contributed by atoms with Gasteiger partial charge in [-0.25, -0.2) is 0 Å². The summed E-state index contributed by atoms with van der Waals surface area (Å²) in [7, 11) is 0. The third kappa shape index (κ3) is 3.78. The predicted molar refractivity (Wildman–Crippen MR) is 89.8 cm³/mol. The zero-order chi connectivity index (χ0) is 15.5. The molecule has 0 bridgehead atoms. The number of anilines is 1. The van der Waals surface area contributed by atoms with E-state index in [2.05, 4.69) is 55.3 Å². The lowest BCUT2D eigenvalue weighted by atomic mass is 9.89. The average molecular weight is 290 g/mol. The van der Waals surface area contributed by atoms with Gasteiger partial charge < -0.3 is 15.3 Å². The second kappa shape index (κ2) is 6.80. The van der Waals surface area contributed by atoms with E-state index in [0.717, 1.165) is 25.9 Å². The fraction of sp³-hybridized carbons (Fsp3) is 0.667. The molecular formula is C18H30N2O. The molecule has 3 heteroatoms. The van der Waals surface area contributed by atoms with Crippen LogP contribution in [0.15, 0.2) is 24.3 Å². The largest absolute Gasteiger partial charge is 0.388 e. The van der Waals surface area contributed by atoms with E-state index in [4.69, 9.17) is 0 Å². The number of nitrogens with one attached hydrogen (secondary N) is 1. The first-order valence-corrected chi connectivity index (χ1v) is 8.25. The smallest absolute Gasteiger partial charge is 0.0816 e. The molecule has 1 aliphatic heterocycles. The molecule has 0 amide bonds. The van der Waals surface area contributed by atoms with Crippen molar-refractivity contribution in [1.82, 2.24) is 5.32 Å². The van der Waals surface area contributed by atoms with Gasteiger partial charge in [0.1, 0.15) is 0 Å². The van der Waals surface area contributed by atoms with Gasteiger partial charge in [-0.3, -0.25) is 0 Å². The van der Waals surface area contributed by atoms with E-state index >= 15 is 0 Å². The Bertz CT molecular complexity index is 456. The molecule has 0 fully saturated rings. The van der Waals surface area contributed by atoms with Crippen LogP contribution in [0.2, 0.25) is 0 Å². The minimum absolute atomic E-state index is 0.251. The van der Waals surface area contributed by atoms with Crippen LogP contribution < -0.4 is 10.2 Å². The van der Waals surface area contributed by atoms with Crippen LogP contribution in [0.3, 0.4) is 0 Å². The minimum Gasteiger partial charge on any atom is -0.388 e. The molecule has 2 unspecified atom stereocenters. The van der Waals surface area contributed by atoms with Gasteiger partial charge in [0.2, 0.25) is 0 Å². The number of nitrogens with zero attached hydrogens (tertiary/aromatic N) is 1. The number of hydrogen-bond acceptors (Lipinski definition) is 3. The maximum absolute atomic E-state index is 10.6. The van der Waals surface area contributed by atoms with Crippen LogP contribution in [-0.2, 0) is 0 Å². The molecule has 118 valence electrons. The molecule has 2 N–H and O–H groups in total. The third-order valence-corrected chi connectivity index (χ3v) is 4.74. The quantitative estimate of drug-likeness (QED) is 0.843. The summed E-state index contributed by atoms with van der Waals surface area (Å²) < 4.78 is 0. The Kier molecular flexibility index (Phi) is 5.28. The molecule has 21 heavy (non-hydrogen) atoms. The highest BCUT2D eigenvalue weighted by atomic mass is 16.3. The maximum atomic E-state index is 10.6. The lowest BCUT2D eigenvalue weighted by Crippen LogP contribution is -2.47. The molecule has 0 aliphatic carbocycles. The van der Waals surface area contributed by atoms with Gasteiger partial charge in [0.15, 0.2) is 0 Å². The van der Waals surface area contributed by atoms with E-state index in [1.807, 2.05) is 6.92 Å². The second-order valence-corrected chi connectivity index (χ2v) is 6.79. The van der Waals surface area contributed by atoms with Crippen LogP contribution >= 0.6 is 0 Å². The molecule has 3 nitrogen and oxygen atoms in total. The Labute approximate surface area is 129 Å². The Hall–Kier alpha value is -1.06. The summed E-state index contributed by atoms with van der Waals surface area (Å²) in [5.74, 6) is 0.251. The molecule has 0 saturated heterocycles. The fourth-order valence-electron chi connectivity index (χ4n) is 2.89.